The molecular formula is C12H16O3. The summed E-state index contributed by atoms with van der Waals surface area (Å²) in [7, 11) is 0. The second-order valence-electron chi connectivity index (χ2n) is 2.92. The van der Waals surface area contributed by atoms with Crippen LogP contribution < -0.4 is 0 Å². The number of ether oxygens (including phenoxy) is 2. The van der Waals surface area contributed by atoms with E-state index < -0.39 is 0 Å². The van der Waals surface area contributed by atoms with E-state index >= 15 is 0 Å². The van der Waals surface area contributed by atoms with Crippen LogP contribution in [0.25, 0.3) is 0 Å². The van der Waals surface area contributed by atoms with Crippen LogP contribution in [0, 0.1) is 0 Å². The molecule has 0 aliphatic carbocycles. The molecule has 1 aromatic rings. The SMILES string of the molecule is C=CCOC(C(=C)OCC)c1ccco1. The van der Waals surface area contributed by atoms with Crippen LogP contribution in [0.1, 0.15) is 18.8 Å². The van der Waals surface area contributed by atoms with Crippen LogP contribution >= 0.6 is 0 Å². The van der Waals surface area contributed by atoms with Gasteiger partial charge in [-0.3, -0.25) is 0 Å². The number of furan rings is 1. The normalized spacial score (nSPS) is 12.1. The standard InChI is InChI=1S/C12H16O3/c1-4-8-15-12(10(3)13-5-2)11-7-6-9-14-11/h4,6-7,9,12H,1,3,5,8H2,2H3. The molecule has 0 aliphatic heterocycles. The van der Waals surface area contributed by atoms with E-state index in [2.05, 4.69) is 13.2 Å². The van der Waals surface area contributed by atoms with Gasteiger partial charge in [0.2, 0.25) is 0 Å². The first-order valence-corrected chi connectivity index (χ1v) is 4.87. The van der Waals surface area contributed by atoms with Gasteiger partial charge in [-0.05, 0) is 19.1 Å². The van der Waals surface area contributed by atoms with Crippen LogP contribution in [-0.4, -0.2) is 13.2 Å². The third kappa shape index (κ3) is 3.29. The molecule has 0 saturated heterocycles. The fourth-order valence-electron chi connectivity index (χ4n) is 1.20. The average Bonchev–Trinajstić information content (AvgIpc) is 2.72. The van der Waals surface area contributed by atoms with Crippen LogP contribution in [0.2, 0.25) is 0 Å². The van der Waals surface area contributed by atoms with Crippen LogP contribution in [0.3, 0.4) is 0 Å². The zero-order valence-corrected chi connectivity index (χ0v) is 8.94. The molecule has 3 nitrogen and oxygen atoms in total. The van der Waals surface area contributed by atoms with Crippen LogP contribution in [0.15, 0.2) is 47.8 Å². The number of rotatable bonds is 7. The Balaban J connectivity index is 2.69. The monoisotopic (exact) mass is 208 g/mol. The zero-order valence-electron chi connectivity index (χ0n) is 8.94. The van der Waals surface area contributed by atoms with Crippen molar-refractivity contribution in [3.8, 4) is 0 Å². The van der Waals surface area contributed by atoms with E-state index in [4.69, 9.17) is 13.9 Å². The first-order chi connectivity index (χ1) is 7.29. The highest BCUT2D eigenvalue weighted by molar-refractivity contribution is 5.11. The van der Waals surface area contributed by atoms with Gasteiger partial charge in [0, 0.05) is 0 Å². The molecule has 0 radical (unpaired) electrons. The second kappa shape index (κ2) is 6.09. The van der Waals surface area contributed by atoms with E-state index in [9.17, 15) is 0 Å². The van der Waals surface area contributed by atoms with Gasteiger partial charge in [0.1, 0.15) is 11.5 Å². The minimum absolute atomic E-state index is 0.363. The summed E-state index contributed by atoms with van der Waals surface area (Å²) in [5, 5.41) is 0. The Hall–Kier alpha value is -1.48. The first kappa shape index (κ1) is 11.6. The molecule has 15 heavy (non-hydrogen) atoms. The Morgan fingerprint density at radius 3 is 3.00 bits per heavy atom. The van der Waals surface area contributed by atoms with E-state index in [1.165, 1.54) is 0 Å². The van der Waals surface area contributed by atoms with Crippen molar-refractivity contribution in [2.75, 3.05) is 13.2 Å². The quantitative estimate of drug-likeness (QED) is 0.509. The summed E-state index contributed by atoms with van der Waals surface area (Å²) < 4.78 is 16.1. The summed E-state index contributed by atoms with van der Waals surface area (Å²) in [5.74, 6) is 1.24. The Morgan fingerprint density at radius 1 is 1.67 bits per heavy atom. The first-order valence-electron chi connectivity index (χ1n) is 4.87. The van der Waals surface area contributed by atoms with Crippen molar-refractivity contribution in [2.24, 2.45) is 0 Å². The molecule has 0 saturated carbocycles. The van der Waals surface area contributed by atoms with Crippen molar-refractivity contribution < 1.29 is 13.9 Å². The molecule has 0 aliphatic rings. The highest BCUT2D eigenvalue weighted by Gasteiger charge is 2.19. The molecule has 0 bridgehead atoms. The molecular weight excluding hydrogens is 192 g/mol. The van der Waals surface area contributed by atoms with Crippen molar-refractivity contribution >= 4 is 0 Å². The third-order valence-corrected chi connectivity index (χ3v) is 1.80. The molecule has 1 heterocycles. The topological polar surface area (TPSA) is 31.6 Å². The fourth-order valence-corrected chi connectivity index (χ4v) is 1.20. The van der Waals surface area contributed by atoms with E-state index in [1.54, 1.807) is 18.4 Å². The average molecular weight is 208 g/mol. The molecule has 1 aromatic heterocycles. The van der Waals surface area contributed by atoms with Crippen molar-refractivity contribution in [3.63, 3.8) is 0 Å². The minimum atomic E-state index is -0.363. The summed E-state index contributed by atoms with van der Waals surface area (Å²) in [4.78, 5) is 0. The molecule has 1 rings (SSSR count). The number of hydrogen-bond acceptors (Lipinski definition) is 3. The van der Waals surface area contributed by atoms with E-state index in [0.29, 0.717) is 24.7 Å². The summed E-state index contributed by atoms with van der Waals surface area (Å²) in [6.45, 7) is 10.3. The van der Waals surface area contributed by atoms with E-state index in [0.717, 1.165) is 0 Å². The molecule has 0 spiro atoms. The van der Waals surface area contributed by atoms with Gasteiger partial charge in [0.25, 0.3) is 0 Å². The van der Waals surface area contributed by atoms with Gasteiger partial charge in [-0.1, -0.05) is 12.7 Å². The molecule has 1 unspecified atom stereocenters. The molecule has 0 N–H and O–H groups in total. The van der Waals surface area contributed by atoms with Crippen molar-refractivity contribution in [1.82, 2.24) is 0 Å². The molecule has 0 fully saturated rings. The minimum Gasteiger partial charge on any atom is -0.496 e. The Bertz CT molecular complexity index is 301. The number of hydrogen-bond donors (Lipinski definition) is 0. The van der Waals surface area contributed by atoms with Gasteiger partial charge in [-0.2, -0.15) is 0 Å². The highest BCUT2D eigenvalue weighted by atomic mass is 16.5. The van der Waals surface area contributed by atoms with Gasteiger partial charge in [0.15, 0.2) is 6.10 Å². The molecule has 0 aromatic carbocycles. The highest BCUT2D eigenvalue weighted by Crippen LogP contribution is 2.25. The lowest BCUT2D eigenvalue weighted by Crippen LogP contribution is -2.08. The zero-order chi connectivity index (χ0) is 11.1. The van der Waals surface area contributed by atoms with Crippen LogP contribution in [-0.2, 0) is 9.47 Å². The predicted molar refractivity (Wildman–Crippen MR) is 58.4 cm³/mol. The molecule has 1 atom stereocenters. The summed E-state index contributed by atoms with van der Waals surface area (Å²) in [6.07, 6.45) is 2.91. The Labute approximate surface area is 90.0 Å². The van der Waals surface area contributed by atoms with E-state index in [-0.39, 0.29) is 6.10 Å². The summed E-state index contributed by atoms with van der Waals surface area (Å²) in [6, 6.07) is 3.64. The van der Waals surface area contributed by atoms with Crippen LogP contribution in [0.5, 0.6) is 0 Å². The van der Waals surface area contributed by atoms with Crippen molar-refractivity contribution in [2.45, 2.75) is 13.0 Å². The van der Waals surface area contributed by atoms with Crippen LogP contribution in [0.4, 0.5) is 0 Å². The van der Waals surface area contributed by atoms with E-state index in [1.807, 2.05) is 13.0 Å². The van der Waals surface area contributed by atoms with Gasteiger partial charge >= 0.3 is 0 Å². The maximum absolute atomic E-state index is 5.51. The van der Waals surface area contributed by atoms with Gasteiger partial charge in [0.05, 0.1) is 19.5 Å². The van der Waals surface area contributed by atoms with Gasteiger partial charge in [-0.15, -0.1) is 6.58 Å². The summed E-state index contributed by atoms with van der Waals surface area (Å²) >= 11 is 0. The van der Waals surface area contributed by atoms with Gasteiger partial charge < -0.3 is 13.9 Å². The summed E-state index contributed by atoms with van der Waals surface area (Å²) in [5.41, 5.74) is 0. The smallest absolute Gasteiger partial charge is 0.172 e. The predicted octanol–water partition coefficient (Wildman–Crippen LogP) is 3.07. The van der Waals surface area contributed by atoms with Crippen molar-refractivity contribution in [1.29, 1.82) is 0 Å². The van der Waals surface area contributed by atoms with Gasteiger partial charge in [-0.25, -0.2) is 0 Å². The Kier molecular flexibility index (Phi) is 4.71. The lowest BCUT2D eigenvalue weighted by Gasteiger charge is -2.17. The lowest BCUT2D eigenvalue weighted by molar-refractivity contribution is 0.0340. The van der Waals surface area contributed by atoms with Crippen molar-refractivity contribution in [3.05, 3.63) is 49.1 Å². The fraction of sp³-hybridized carbons (Fsp3) is 0.333. The largest absolute Gasteiger partial charge is 0.496 e. The molecule has 3 heteroatoms. The molecule has 0 amide bonds. The lowest BCUT2D eigenvalue weighted by atomic mass is 10.2. The third-order valence-electron chi connectivity index (χ3n) is 1.80. The second-order valence-corrected chi connectivity index (χ2v) is 2.92. The maximum Gasteiger partial charge on any atom is 0.172 e. The Morgan fingerprint density at radius 2 is 2.47 bits per heavy atom. The maximum atomic E-state index is 5.51. The molecule has 82 valence electrons.